The van der Waals surface area contributed by atoms with Crippen LogP contribution >= 0.6 is 0 Å². The van der Waals surface area contributed by atoms with Crippen LogP contribution in [0.1, 0.15) is 56.6 Å². The molecule has 1 aliphatic carbocycles. The molecule has 2 aromatic carbocycles. The maximum absolute atomic E-state index is 13.5. The number of aliphatic hydroxyl groups is 1. The molecule has 0 aliphatic heterocycles. The van der Waals surface area contributed by atoms with Gasteiger partial charge in [-0.2, -0.15) is 13.2 Å². The Hall–Kier alpha value is -3.13. The second-order valence-corrected chi connectivity index (χ2v) is 9.48. The predicted molar refractivity (Wildman–Crippen MR) is 137 cm³/mol. The van der Waals surface area contributed by atoms with Crippen LogP contribution < -0.4 is 10.6 Å². The van der Waals surface area contributed by atoms with Crippen molar-refractivity contribution in [2.75, 3.05) is 17.2 Å². The number of halogens is 3. The van der Waals surface area contributed by atoms with E-state index >= 15 is 0 Å². The van der Waals surface area contributed by atoms with Crippen LogP contribution in [0.4, 0.5) is 30.4 Å². The van der Waals surface area contributed by atoms with Crippen LogP contribution in [0.2, 0.25) is 0 Å². The van der Waals surface area contributed by atoms with Gasteiger partial charge in [-0.15, -0.1) is 0 Å². The lowest BCUT2D eigenvalue weighted by Crippen LogP contribution is -2.18. The third-order valence-corrected chi connectivity index (χ3v) is 6.80. The number of anilines is 3. The van der Waals surface area contributed by atoms with Crippen LogP contribution in [0.15, 0.2) is 54.9 Å². The Bertz CT molecular complexity index is 1150. The molecule has 0 saturated heterocycles. The summed E-state index contributed by atoms with van der Waals surface area (Å²) in [5, 5.41) is 16.7. The summed E-state index contributed by atoms with van der Waals surface area (Å²) in [6, 6.07) is 13.2. The number of nitrogens with zero attached hydrogens (tertiary/aromatic N) is 2. The molecular formula is C28H33F3N4O. The summed E-state index contributed by atoms with van der Waals surface area (Å²) in [6.07, 6.45) is 3.43. The largest absolute Gasteiger partial charge is 0.416 e. The normalized spacial score (nSPS) is 15.5. The third kappa shape index (κ3) is 6.75. The minimum atomic E-state index is -4.43. The molecule has 5 nitrogen and oxygen atoms in total. The maximum Gasteiger partial charge on any atom is 0.416 e. The van der Waals surface area contributed by atoms with E-state index in [9.17, 15) is 18.3 Å². The number of para-hydroxylation sites is 1. The Morgan fingerprint density at radius 1 is 1.00 bits per heavy atom. The molecule has 1 heterocycles. The number of hydrogen-bond donors (Lipinski definition) is 3. The Kier molecular flexibility index (Phi) is 8.46. The maximum atomic E-state index is 13.5. The second-order valence-electron chi connectivity index (χ2n) is 9.48. The lowest BCUT2D eigenvalue weighted by atomic mass is 9.89. The summed E-state index contributed by atoms with van der Waals surface area (Å²) in [4.78, 5) is 8.69. The first-order valence-corrected chi connectivity index (χ1v) is 12.6. The molecule has 0 spiro atoms. The lowest BCUT2D eigenvalue weighted by molar-refractivity contribution is -0.137. The molecule has 1 aromatic heterocycles. The van der Waals surface area contributed by atoms with Crippen molar-refractivity contribution in [3.63, 3.8) is 0 Å². The fourth-order valence-corrected chi connectivity index (χ4v) is 4.67. The molecule has 4 rings (SSSR count). The highest BCUT2D eigenvalue weighted by Crippen LogP contribution is 2.36. The first kappa shape index (κ1) is 25.9. The van der Waals surface area contributed by atoms with Crippen LogP contribution in [0.5, 0.6) is 0 Å². The van der Waals surface area contributed by atoms with Crippen LogP contribution in [0.3, 0.4) is 0 Å². The first-order chi connectivity index (χ1) is 17.3. The number of alkyl halides is 3. The number of hydrogen-bond acceptors (Lipinski definition) is 5. The molecular weight excluding hydrogens is 465 g/mol. The molecule has 8 heteroatoms. The van der Waals surface area contributed by atoms with E-state index in [4.69, 9.17) is 0 Å². The molecule has 3 aromatic rings. The quantitative estimate of drug-likeness (QED) is 0.291. The van der Waals surface area contributed by atoms with Crippen LogP contribution in [-0.2, 0) is 12.6 Å². The fraction of sp³-hybridized carbons (Fsp3) is 0.429. The monoisotopic (exact) mass is 498 g/mol. The number of aliphatic hydroxyl groups excluding tert-OH is 1. The summed E-state index contributed by atoms with van der Waals surface area (Å²) < 4.78 is 40.4. The summed E-state index contributed by atoms with van der Waals surface area (Å²) in [5.41, 5.74) is 2.63. The molecule has 36 heavy (non-hydrogen) atoms. The summed E-state index contributed by atoms with van der Waals surface area (Å²) >= 11 is 0. The SMILES string of the molecule is CCC(O)Cc1ccccc1Nc1cc(-c2ccc(C(F)(F)F)cc2NCC2CCCCC2)ncn1. The van der Waals surface area contributed by atoms with E-state index < -0.39 is 17.8 Å². The first-order valence-electron chi connectivity index (χ1n) is 12.6. The van der Waals surface area contributed by atoms with Crippen molar-refractivity contribution in [1.29, 1.82) is 0 Å². The topological polar surface area (TPSA) is 70.1 Å². The van der Waals surface area contributed by atoms with E-state index in [0.717, 1.165) is 30.2 Å². The molecule has 1 unspecified atom stereocenters. The van der Waals surface area contributed by atoms with Gasteiger partial charge < -0.3 is 15.7 Å². The van der Waals surface area contributed by atoms with E-state index in [1.165, 1.54) is 37.7 Å². The third-order valence-electron chi connectivity index (χ3n) is 6.80. The number of benzene rings is 2. The van der Waals surface area contributed by atoms with E-state index in [1.54, 1.807) is 6.07 Å². The Balaban J connectivity index is 1.61. The zero-order chi connectivity index (χ0) is 25.5. The number of rotatable bonds is 9. The van der Waals surface area contributed by atoms with E-state index in [1.807, 2.05) is 31.2 Å². The fourth-order valence-electron chi connectivity index (χ4n) is 4.67. The van der Waals surface area contributed by atoms with Gasteiger partial charge >= 0.3 is 6.18 Å². The molecule has 192 valence electrons. The Morgan fingerprint density at radius 3 is 2.53 bits per heavy atom. The lowest BCUT2D eigenvalue weighted by Gasteiger charge is -2.23. The van der Waals surface area contributed by atoms with Crippen molar-refractivity contribution >= 4 is 17.2 Å². The average molecular weight is 499 g/mol. The Labute approximate surface area is 210 Å². The molecule has 0 amide bonds. The molecule has 3 N–H and O–H groups in total. The van der Waals surface area contributed by atoms with Crippen LogP contribution in [0.25, 0.3) is 11.3 Å². The van der Waals surface area contributed by atoms with Gasteiger partial charge in [-0.05, 0) is 48.9 Å². The second kappa shape index (κ2) is 11.7. The summed E-state index contributed by atoms with van der Waals surface area (Å²) in [6.45, 7) is 2.57. The van der Waals surface area contributed by atoms with E-state index in [0.29, 0.717) is 48.1 Å². The van der Waals surface area contributed by atoms with Gasteiger partial charge in [0.1, 0.15) is 12.1 Å². The summed E-state index contributed by atoms with van der Waals surface area (Å²) in [5.74, 6) is 0.982. The van der Waals surface area contributed by atoms with Crippen molar-refractivity contribution in [3.8, 4) is 11.3 Å². The van der Waals surface area contributed by atoms with Gasteiger partial charge in [0.15, 0.2) is 0 Å². The van der Waals surface area contributed by atoms with E-state index in [2.05, 4.69) is 20.6 Å². The van der Waals surface area contributed by atoms with Crippen LogP contribution in [-0.4, -0.2) is 27.7 Å². The van der Waals surface area contributed by atoms with Crippen molar-refractivity contribution < 1.29 is 18.3 Å². The van der Waals surface area contributed by atoms with Gasteiger partial charge in [-0.1, -0.05) is 50.5 Å². The molecule has 1 atom stereocenters. The zero-order valence-electron chi connectivity index (χ0n) is 20.5. The zero-order valence-corrected chi connectivity index (χ0v) is 20.5. The van der Waals surface area contributed by atoms with Gasteiger partial charge in [0.25, 0.3) is 0 Å². The number of aromatic nitrogens is 2. The minimum absolute atomic E-state index is 0.423. The van der Waals surface area contributed by atoms with Crippen LogP contribution in [0, 0.1) is 5.92 Å². The molecule has 0 radical (unpaired) electrons. The highest BCUT2D eigenvalue weighted by atomic mass is 19.4. The number of nitrogens with one attached hydrogen (secondary N) is 2. The Morgan fingerprint density at radius 2 is 1.78 bits per heavy atom. The summed E-state index contributed by atoms with van der Waals surface area (Å²) in [7, 11) is 0. The van der Waals surface area contributed by atoms with Crippen molar-refractivity contribution in [1.82, 2.24) is 9.97 Å². The predicted octanol–water partition coefficient (Wildman–Crippen LogP) is 7.21. The molecule has 1 aliphatic rings. The highest BCUT2D eigenvalue weighted by molar-refractivity contribution is 5.78. The standard InChI is InChI=1S/C28H33F3N4O/c1-2-22(36)14-20-10-6-7-11-24(20)35-27-16-26(33-18-34-27)23-13-12-21(28(29,30)31)15-25(23)32-17-19-8-4-3-5-9-19/h6-7,10-13,15-16,18-19,22,32,36H,2-5,8-9,14,17H2,1H3,(H,33,34,35). The highest BCUT2D eigenvalue weighted by Gasteiger charge is 2.31. The van der Waals surface area contributed by atoms with Gasteiger partial charge in [-0.3, -0.25) is 0 Å². The smallest absolute Gasteiger partial charge is 0.393 e. The minimum Gasteiger partial charge on any atom is -0.393 e. The van der Waals surface area contributed by atoms with Gasteiger partial charge in [0.05, 0.1) is 17.4 Å². The van der Waals surface area contributed by atoms with Crippen molar-refractivity contribution in [2.24, 2.45) is 5.92 Å². The molecule has 1 saturated carbocycles. The molecule has 1 fully saturated rings. The van der Waals surface area contributed by atoms with Crippen molar-refractivity contribution in [2.45, 2.75) is 64.1 Å². The van der Waals surface area contributed by atoms with Crippen molar-refractivity contribution in [3.05, 3.63) is 66.0 Å². The average Bonchev–Trinajstić information content (AvgIpc) is 2.88. The van der Waals surface area contributed by atoms with Gasteiger partial charge in [0.2, 0.25) is 0 Å². The van der Waals surface area contributed by atoms with E-state index in [-0.39, 0.29) is 0 Å². The molecule has 0 bridgehead atoms. The van der Waals surface area contributed by atoms with Gasteiger partial charge in [-0.25, -0.2) is 9.97 Å². The van der Waals surface area contributed by atoms with Gasteiger partial charge in [0, 0.05) is 36.0 Å².